The summed E-state index contributed by atoms with van der Waals surface area (Å²) in [5, 5.41) is 6.91. The molecule has 70 valence electrons. The minimum absolute atomic E-state index is 0.608. The Hall–Kier alpha value is -1.02. The third-order valence-corrected chi connectivity index (χ3v) is 2.44. The number of para-hydroxylation sites is 1. The maximum atomic E-state index is 3.52. The Balaban J connectivity index is 1.90. The fourth-order valence-corrected chi connectivity index (χ4v) is 1.75. The van der Waals surface area contributed by atoms with Gasteiger partial charge in [0.15, 0.2) is 0 Å². The van der Waals surface area contributed by atoms with E-state index in [1.165, 1.54) is 25.1 Å². The van der Waals surface area contributed by atoms with E-state index in [0.29, 0.717) is 6.04 Å². The second-order valence-corrected chi connectivity index (χ2v) is 3.55. The lowest BCUT2D eigenvalue weighted by Crippen LogP contribution is -2.38. The van der Waals surface area contributed by atoms with Gasteiger partial charge in [-0.05, 0) is 31.5 Å². The highest BCUT2D eigenvalue weighted by molar-refractivity contribution is 5.43. The van der Waals surface area contributed by atoms with Crippen molar-refractivity contribution in [1.82, 2.24) is 5.32 Å². The zero-order valence-corrected chi connectivity index (χ0v) is 7.79. The molecule has 2 nitrogen and oxygen atoms in total. The Labute approximate surface area is 79.4 Å². The van der Waals surface area contributed by atoms with Crippen molar-refractivity contribution < 1.29 is 0 Å². The molecule has 0 radical (unpaired) electrons. The number of hydrogen-bond acceptors (Lipinski definition) is 2. The van der Waals surface area contributed by atoms with E-state index in [0.717, 1.165) is 6.54 Å². The highest BCUT2D eigenvalue weighted by Crippen LogP contribution is 2.11. The predicted molar refractivity (Wildman–Crippen MR) is 56.0 cm³/mol. The molecule has 2 rings (SSSR count). The number of nitrogens with one attached hydrogen (secondary N) is 2. The van der Waals surface area contributed by atoms with E-state index in [1.807, 2.05) is 6.07 Å². The van der Waals surface area contributed by atoms with Crippen molar-refractivity contribution in [2.75, 3.05) is 18.4 Å². The van der Waals surface area contributed by atoms with Crippen LogP contribution in [-0.2, 0) is 0 Å². The van der Waals surface area contributed by atoms with Gasteiger partial charge in [0.1, 0.15) is 0 Å². The quantitative estimate of drug-likeness (QED) is 0.718. The lowest BCUT2D eigenvalue weighted by atomic mass is 10.1. The van der Waals surface area contributed by atoms with Crippen LogP contribution < -0.4 is 10.6 Å². The molecule has 1 aromatic carbocycles. The number of anilines is 1. The Morgan fingerprint density at radius 1 is 1.23 bits per heavy atom. The van der Waals surface area contributed by atoms with Crippen LogP contribution in [0.3, 0.4) is 0 Å². The van der Waals surface area contributed by atoms with Gasteiger partial charge in [0.05, 0.1) is 0 Å². The van der Waals surface area contributed by atoms with Gasteiger partial charge in [-0.25, -0.2) is 0 Å². The summed E-state index contributed by atoms with van der Waals surface area (Å²) < 4.78 is 0. The highest BCUT2D eigenvalue weighted by atomic mass is 15.0. The first-order chi connectivity index (χ1) is 6.45. The summed E-state index contributed by atoms with van der Waals surface area (Å²) >= 11 is 0. The average Bonchev–Trinajstić information content (AvgIpc) is 2.21. The van der Waals surface area contributed by atoms with Crippen LogP contribution in [0.25, 0.3) is 0 Å². The third kappa shape index (κ3) is 2.46. The SMILES string of the molecule is c1ccc(NC2CCCNC2)cc1. The van der Waals surface area contributed by atoms with Crippen LogP contribution in [-0.4, -0.2) is 19.1 Å². The summed E-state index contributed by atoms with van der Waals surface area (Å²) in [6.45, 7) is 2.27. The van der Waals surface area contributed by atoms with Crippen molar-refractivity contribution in [1.29, 1.82) is 0 Å². The van der Waals surface area contributed by atoms with Crippen LogP contribution in [0.15, 0.2) is 30.3 Å². The first-order valence-corrected chi connectivity index (χ1v) is 4.97. The van der Waals surface area contributed by atoms with Gasteiger partial charge in [-0.1, -0.05) is 18.2 Å². The van der Waals surface area contributed by atoms with Crippen LogP contribution in [0.1, 0.15) is 12.8 Å². The van der Waals surface area contributed by atoms with Crippen molar-refractivity contribution in [3.8, 4) is 0 Å². The molecule has 13 heavy (non-hydrogen) atoms. The summed E-state index contributed by atoms with van der Waals surface area (Å²) in [6, 6.07) is 11.0. The maximum Gasteiger partial charge on any atom is 0.0386 e. The first kappa shape index (κ1) is 8.57. The molecular weight excluding hydrogens is 160 g/mol. The standard InChI is InChI=1S/C11H16N2/c1-2-5-10(6-3-1)13-11-7-4-8-12-9-11/h1-3,5-6,11-13H,4,7-9H2. The first-order valence-electron chi connectivity index (χ1n) is 4.97. The Morgan fingerprint density at radius 2 is 2.08 bits per heavy atom. The Morgan fingerprint density at radius 3 is 2.77 bits per heavy atom. The molecule has 0 aliphatic carbocycles. The van der Waals surface area contributed by atoms with Crippen LogP contribution in [0, 0.1) is 0 Å². The minimum Gasteiger partial charge on any atom is -0.381 e. The fourth-order valence-electron chi connectivity index (χ4n) is 1.75. The van der Waals surface area contributed by atoms with Crippen LogP contribution in [0.5, 0.6) is 0 Å². The molecular formula is C11H16N2. The smallest absolute Gasteiger partial charge is 0.0386 e. The highest BCUT2D eigenvalue weighted by Gasteiger charge is 2.11. The van der Waals surface area contributed by atoms with Gasteiger partial charge in [-0.2, -0.15) is 0 Å². The van der Waals surface area contributed by atoms with Crippen LogP contribution >= 0.6 is 0 Å². The number of rotatable bonds is 2. The molecule has 1 aliphatic heterocycles. The third-order valence-electron chi connectivity index (χ3n) is 2.44. The van der Waals surface area contributed by atoms with Gasteiger partial charge < -0.3 is 10.6 Å². The van der Waals surface area contributed by atoms with Crippen molar-refractivity contribution in [2.45, 2.75) is 18.9 Å². The Kier molecular flexibility index (Phi) is 2.82. The molecule has 1 aliphatic rings. The summed E-state index contributed by atoms with van der Waals surface area (Å²) in [6.07, 6.45) is 2.56. The van der Waals surface area contributed by atoms with E-state index in [4.69, 9.17) is 0 Å². The lowest BCUT2D eigenvalue weighted by molar-refractivity contribution is 0.480. The minimum atomic E-state index is 0.608. The molecule has 0 aromatic heterocycles. The topological polar surface area (TPSA) is 24.1 Å². The normalized spacial score (nSPS) is 22.6. The van der Waals surface area contributed by atoms with Crippen molar-refractivity contribution in [3.63, 3.8) is 0 Å². The van der Waals surface area contributed by atoms with Gasteiger partial charge in [0.25, 0.3) is 0 Å². The van der Waals surface area contributed by atoms with Gasteiger partial charge in [0, 0.05) is 18.3 Å². The largest absolute Gasteiger partial charge is 0.381 e. The summed E-state index contributed by atoms with van der Waals surface area (Å²) in [4.78, 5) is 0. The summed E-state index contributed by atoms with van der Waals surface area (Å²) in [5.74, 6) is 0. The number of hydrogen-bond donors (Lipinski definition) is 2. The predicted octanol–water partition coefficient (Wildman–Crippen LogP) is 1.85. The molecule has 1 fully saturated rings. The van der Waals surface area contributed by atoms with E-state index in [2.05, 4.69) is 34.9 Å². The van der Waals surface area contributed by atoms with E-state index in [9.17, 15) is 0 Å². The van der Waals surface area contributed by atoms with Gasteiger partial charge >= 0.3 is 0 Å². The molecule has 1 unspecified atom stereocenters. The van der Waals surface area contributed by atoms with Crippen molar-refractivity contribution in [3.05, 3.63) is 30.3 Å². The zero-order valence-electron chi connectivity index (χ0n) is 7.79. The molecule has 0 saturated carbocycles. The van der Waals surface area contributed by atoms with Gasteiger partial charge in [0.2, 0.25) is 0 Å². The molecule has 0 bridgehead atoms. The summed E-state index contributed by atoms with van der Waals surface area (Å²) in [7, 11) is 0. The van der Waals surface area contributed by atoms with E-state index < -0.39 is 0 Å². The number of piperidine rings is 1. The molecule has 1 atom stereocenters. The zero-order chi connectivity index (χ0) is 8.93. The van der Waals surface area contributed by atoms with Gasteiger partial charge in [-0.15, -0.1) is 0 Å². The summed E-state index contributed by atoms with van der Waals surface area (Å²) in [5.41, 5.74) is 1.23. The molecule has 0 amide bonds. The molecule has 1 heterocycles. The maximum absolute atomic E-state index is 3.52. The van der Waals surface area contributed by atoms with Crippen molar-refractivity contribution in [2.24, 2.45) is 0 Å². The molecule has 1 aromatic rings. The Bertz CT molecular complexity index is 240. The number of benzene rings is 1. The second kappa shape index (κ2) is 4.28. The van der Waals surface area contributed by atoms with E-state index >= 15 is 0 Å². The second-order valence-electron chi connectivity index (χ2n) is 3.55. The fraction of sp³-hybridized carbons (Fsp3) is 0.455. The van der Waals surface area contributed by atoms with E-state index in [-0.39, 0.29) is 0 Å². The average molecular weight is 176 g/mol. The molecule has 2 heteroatoms. The molecule has 1 saturated heterocycles. The van der Waals surface area contributed by atoms with Crippen LogP contribution in [0.4, 0.5) is 5.69 Å². The molecule has 0 spiro atoms. The van der Waals surface area contributed by atoms with Gasteiger partial charge in [-0.3, -0.25) is 0 Å². The van der Waals surface area contributed by atoms with Crippen LogP contribution in [0.2, 0.25) is 0 Å². The van der Waals surface area contributed by atoms with E-state index in [1.54, 1.807) is 0 Å². The van der Waals surface area contributed by atoms with Crippen molar-refractivity contribution >= 4 is 5.69 Å². The molecule has 2 N–H and O–H groups in total. The monoisotopic (exact) mass is 176 g/mol. The lowest BCUT2D eigenvalue weighted by Gasteiger charge is -2.24.